The molecule has 0 aromatic carbocycles. The molecule has 19 heavy (non-hydrogen) atoms. The zero-order chi connectivity index (χ0) is 13.5. The van der Waals surface area contributed by atoms with Gasteiger partial charge in [-0.2, -0.15) is 0 Å². The molecule has 1 N–H and O–H groups in total. The van der Waals surface area contributed by atoms with Gasteiger partial charge in [-0.05, 0) is 24.5 Å². The van der Waals surface area contributed by atoms with Gasteiger partial charge in [0, 0.05) is 31.6 Å². The van der Waals surface area contributed by atoms with Crippen LogP contribution in [0.4, 0.5) is 5.82 Å². The van der Waals surface area contributed by atoms with Crippen LogP contribution < -0.4 is 5.32 Å². The second-order valence-electron chi connectivity index (χ2n) is 4.70. The van der Waals surface area contributed by atoms with Gasteiger partial charge in [0.2, 0.25) is 0 Å². The lowest BCUT2D eigenvalue weighted by molar-refractivity contribution is 0.703. The van der Waals surface area contributed by atoms with Crippen LogP contribution in [0.25, 0.3) is 0 Å². The maximum atomic E-state index is 4.43. The predicted octanol–water partition coefficient (Wildman–Crippen LogP) is 3.10. The predicted molar refractivity (Wildman–Crippen MR) is 78.3 cm³/mol. The van der Waals surface area contributed by atoms with Gasteiger partial charge in [0.25, 0.3) is 0 Å². The van der Waals surface area contributed by atoms with Crippen LogP contribution in [0, 0.1) is 0 Å². The molecular weight excluding hydrogens is 236 g/mol. The fraction of sp³-hybridized carbons (Fsp3) is 0.467. The van der Waals surface area contributed by atoms with Gasteiger partial charge >= 0.3 is 0 Å². The van der Waals surface area contributed by atoms with E-state index in [0.717, 1.165) is 44.0 Å². The Kier molecular flexibility index (Phi) is 4.95. The van der Waals surface area contributed by atoms with Crippen LogP contribution in [-0.2, 0) is 13.0 Å². The van der Waals surface area contributed by atoms with Crippen LogP contribution in [-0.4, -0.2) is 21.1 Å². The molecule has 2 rings (SSSR count). The van der Waals surface area contributed by atoms with Gasteiger partial charge in [-0.25, -0.2) is 9.97 Å². The fourth-order valence-electron chi connectivity index (χ4n) is 2.01. The average molecular weight is 258 g/mol. The van der Waals surface area contributed by atoms with Crippen molar-refractivity contribution in [1.82, 2.24) is 14.5 Å². The van der Waals surface area contributed by atoms with E-state index in [0.29, 0.717) is 0 Å². The number of pyridine rings is 1. The first kappa shape index (κ1) is 13.6. The molecule has 0 amide bonds. The minimum atomic E-state index is 0.844. The van der Waals surface area contributed by atoms with Crippen LogP contribution in [0.2, 0.25) is 0 Å². The molecule has 0 aliphatic heterocycles. The van der Waals surface area contributed by atoms with Crippen LogP contribution in [0.3, 0.4) is 0 Å². The van der Waals surface area contributed by atoms with Gasteiger partial charge in [-0.3, -0.25) is 0 Å². The van der Waals surface area contributed by atoms with E-state index in [4.69, 9.17) is 0 Å². The minimum Gasteiger partial charge on any atom is -0.370 e. The highest BCUT2D eigenvalue weighted by Gasteiger charge is 2.03. The van der Waals surface area contributed by atoms with E-state index in [1.165, 1.54) is 5.56 Å². The highest BCUT2D eigenvalue weighted by Crippen LogP contribution is 2.09. The van der Waals surface area contributed by atoms with E-state index >= 15 is 0 Å². The Bertz CT molecular complexity index is 487. The molecule has 0 radical (unpaired) electrons. The summed E-state index contributed by atoms with van der Waals surface area (Å²) in [6, 6.07) is 4.17. The summed E-state index contributed by atoms with van der Waals surface area (Å²) < 4.78 is 2.19. The first-order valence-corrected chi connectivity index (χ1v) is 7.02. The summed E-state index contributed by atoms with van der Waals surface area (Å²) in [5, 5.41) is 3.28. The van der Waals surface area contributed by atoms with Gasteiger partial charge in [-0.15, -0.1) is 0 Å². The lowest BCUT2D eigenvalue weighted by Crippen LogP contribution is -2.06. The highest BCUT2D eigenvalue weighted by molar-refractivity contribution is 5.35. The Morgan fingerprint density at radius 2 is 2.05 bits per heavy atom. The maximum absolute atomic E-state index is 4.43. The molecule has 0 unspecified atom stereocenters. The first-order chi connectivity index (χ1) is 9.33. The molecule has 0 fully saturated rings. The summed E-state index contributed by atoms with van der Waals surface area (Å²) in [5.41, 5.74) is 1.21. The second-order valence-corrected chi connectivity index (χ2v) is 4.70. The molecule has 0 aliphatic carbocycles. The number of nitrogens with one attached hydrogen (secondary N) is 1. The number of aromatic nitrogens is 3. The zero-order valence-corrected chi connectivity index (χ0v) is 11.8. The first-order valence-electron chi connectivity index (χ1n) is 7.02. The molecule has 2 aromatic rings. The van der Waals surface area contributed by atoms with Crippen molar-refractivity contribution >= 4 is 5.82 Å². The van der Waals surface area contributed by atoms with Crippen LogP contribution >= 0.6 is 0 Å². The normalized spacial score (nSPS) is 10.6. The molecule has 0 saturated heterocycles. The van der Waals surface area contributed by atoms with E-state index < -0.39 is 0 Å². The Labute approximate surface area is 114 Å². The van der Waals surface area contributed by atoms with E-state index in [1.54, 1.807) is 0 Å². The van der Waals surface area contributed by atoms with Crippen molar-refractivity contribution in [3.05, 3.63) is 42.1 Å². The summed E-state index contributed by atoms with van der Waals surface area (Å²) in [4.78, 5) is 8.82. The third-order valence-electron chi connectivity index (χ3n) is 3.01. The summed E-state index contributed by atoms with van der Waals surface area (Å²) in [6.45, 7) is 6.13. The minimum absolute atomic E-state index is 0.844. The van der Waals surface area contributed by atoms with E-state index in [-0.39, 0.29) is 0 Å². The lowest BCUT2D eigenvalue weighted by atomic mass is 10.2. The molecule has 102 valence electrons. The topological polar surface area (TPSA) is 42.7 Å². The summed E-state index contributed by atoms with van der Waals surface area (Å²) in [5.74, 6) is 2.10. The Morgan fingerprint density at radius 3 is 2.74 bits per heavy atom. The average Bonchev–Trinajstić information content (AvgIpc) is 2.86. The van der Waals surface area contributed by atoms with Crippen molar-refractivity contribution in [2.75, 3.05) is 11.9 Å². The summed E-state index contributed by atoms with van der Waals surface area (Å²) >= 11 is 0. The van der Waals surface area contributed by atoms with Crippen molar-refractivity contribution in [2.24, 2.45) is 0 Å². The number of imidazole rings is 1. The smallest absolute Gasteiger partial charge is 0.125 e. The fourth-order valence-corrected chi connectivity index (χ4v) is 2.01. The number of hydrogen-bond donors (Lipinski definition) is 1. The van der Waals surface area contributed by atoms with Crippen molar-refractivity contribution in [2.45, 2.75) is 39.7 Å². The number of hydrogen-bond acceptors (Lipinski definition) is 3. The van der Waals surface area contributed by atoms with Crippen molar-refractivity contribution < 1.29 is 0 Å². The van der Waals surface area contributed by atoms with E-state index in [2.05, 4.69) is 39.8 Å². The van der Waals surface area contributed by atoms with E-state index in [9.17, 15) is 0 Å². The second kappa shape index (κ2) is 6.92. The lowest BCUT2D eigenvalue weighted by Gasteiger charge is -2.08. The van der Waals surface area contributed by atoms with Crippen LogP contribution in [0.15, 0.2) is 30.7 Å². The SMILES string of the molecule is CCCNc1ccc(Cn2ccnc2CCC)cn1. The zero-order valence-electron chi connectivity index (χ0n) is 11.8. The number of nitrogens with zero attached hydrogens (tertiary/aromatic N) is 3. The third kappa shape index (κ3) is 3.81. The summed E-state index contributed by atoms with van der Waals surface area (Å²) in [6.07, 6.45) is 9.10. The molecule has 2 heterocycles. The summed E-state index contributed by atoms with van der Waals surface area (Å²) in [7, 11) is 0. The standard InChI is InChI=1S/C15H22N4/c1-3-5-15-17-9-10-19(15)12-13-6-7-14(18-11-13)16-8-4-2/h6-7,9-11H,3-5,8,12H2,1-2H3,(H,16,18). The molecular formula is C15H22N4. The molecule has 2 aromatic heterocycles. The van der Waals surface area contributed by atoms with Gasteiger partial charge < -0.3 is 9.88 Å². The Morgan fingerprint density at radius 1 is 1.16 bits per heavy atom. The number of rotatable bonds is 7. The molecule has 0 aliphatic rings. The van der Waals surface area contributed by atoms with Crippen molar-refractivity contribution in [3.8, 4) is 0 Å². The monoisotopic (exact) mass is 258 g/mol. The van der Waals surface area contributed by atoms with E-state index in [1.807, 2.05) is 24.7 Å². The molecule has 0 saturated carbocycles. The molecule has 0 atom stereocenters. The third-order valence-corrected chi connectivity index (χ3v) is 3.01. The maximum Gasteiger partial charge on any atom is 0.125 e. The number of aryl methyl sites for hydroxylation is 1. The Hall–Kier alpha value is -1.84. The highest BCUT2D eigenvalue weighted by atomic mass is 15.1. The van der Waals surface area contributed by atoms with Gasteiger partial charge in [0.15, 0.2) is 0 Å². The molecule has 4 nitrogen and oxygen atoms in total. The van der Waals surface area contributed by atoms with Crippen molar-refractivity contribution in [3.63, 3.8) is 0 Å². The van der Waals surface area contributed by atoms with Crippen LogP contribution in [0.5, 0.6) is 0 Å². The van der Waals surface area contributed by atoms with Gasteiger partial charge in [0.1, 0.15) is 11.6 Å². The Balaban J connectivity index is 2.00. The van der Waals surface area contributed by atoms with Crippen LogP contribution in [0.1, 0.15) is 38.1 Å². The molecule has 0 spiro atoms. The molecule has 4 heteroatoms. The molecule has 0 bridgehead atoms. The quantitative estimate of drug-likeness (QED) is 0.830. The number of anilines is 1. The largest absolute Gasteiger partial charge is 0.370 e. The van der Waals surface area contributed by atoms with Crippen molar-refractivity contribution in [1.29, 1.82) is 0 Å². The van der Waals surface area contributed by atoms with Gasteiger partial charge in [-0.1, -0.05) is 19.9 Å². The van der Waals surface area contributed by atoms with Gasteiger partial charge in [0.05, 0.1) is 6.54 Å².